The Hall–Kier alpha value is -2.01. The van der Waals surface area contributed by atoms with Gasteiger partial charge in [-0.15, -0.1) is 0 Å². The molecule has 1 fully saturated rings. The summed E-state index contributed by atoms with van der Waals surface area (Å²) >= 11 is 0. The molecule has 0 atom stereocenters. The highest BCUT2D eigenvalue weighted by atomic mass is 16.5. The van der Waals surface area contributed by atoms with Gasteiger partial charge in [0.2, 0.25) is 0 Å². The lowest BCUT2D eigenvalue weighted by atomic mass is 9.87. The second kappa shape index (κ2) is 9.20. The lowest BCUT2D eigenvalue weighted by Gasteiger charge is -2.28. The molecule has 0 heterocycles. The molecular weight excluding hydrogens is 292 g/mol. The van der Waals surface area contributed by atoms with Gasteiger partial charge in [-0.05, 0) is 37.7 Å². The van der Waals surface area contributed by atoms with Gasteiger partial charge in [-0.25, -0.2) is 4.79 Å². The Morgan fingerprint density at radius 3 is 2.74 bits per heavy atom. The van der Waals surface area contributed by atoms with Gasteiger partial charge in [0.1, 0.15) is 12.4 Å². The summed E-state index contributed by atoms with van der Waals surface area (Å²) in [5.41, 5.74) is 0.938. The number of aliphatic hydroxyl groups excluding tert-OH is 1. The molecule has 0 radical (unpaired) electrons. The number of para-hydroxylation sites is 1. The highest BCUT2D eigenvalue weighted by Gasteiger charge is 2.21. The minimum absolute atomic E-state index is 0.157. The summed E-state index contributed by atoms with van der Waals surface area (Å²) < 4.78 is 5.58. The summed E-state index contributed by atoms with van der Waals surface area (Å²) in [6, 6.07) is 7.69. The first-order chi connectivity index (χ1) is 11.2. The number of amides is 2. The molecule has 0 unspecified atom stereocenters. The molecule has 5 heteroatoms. The van der Waals surface area contributed by atoms with Crippen LogP contribution in [0.5, 0.6) is 5.75 Å². The summed E-state index contributed by atoms with van der Waals surface area (Å²) in [5.74, 6) is 1.15. The smallest absolute Gasteiger partial charge is 0.315 e. The van der Waals surface area contributed by atoms with Gasteiger partial charge in [-0.1, -0.05) is 30.9 Å². The van der Waals surface area contributed by atoms with Crippen molar-refractivity contribution in [2.75, 3.05) is 13.2 Å². The van der Waals surface area contributed by atoms with E-state index in [9.17, 15) is 4.79 Å². The maximum atomic E-state index is 12.0. The van der Waals surface area contributed by atoms with Crippen molar-refractivity contribution in [1.29, 1.82) is 0 Å². The molecule has 1 aromatic carbocycles. The first kappa shape index (κ1) is 17.3. The van der Waals surface area contributed by atoms with Crippen LogP contribution in [0.15, 0.2) is 36.9 Å². The lowest BCUT2D eigenvalue weighted by molar-refractivity contribution is 0.174. The number of urea groups is 1. The van der Waals surface area contributed by atoms with Gasteiger partial charge in [0.25, 0.3) is 0 Å². The van der Waals surface area contributed by atoms with Crippen molar-refractivity contribution in [3.8, 4) is 5.75 Å². The SMILES string of the molecule is C=CCOc1ccccc1CNC(=O)NC1CCC(CO)CC1. The van der Waals surface area contributed by atoms with Gasteiger partial charge in [0.05, 0.1) is 0 Å². The van der Waals surface area contributed by atoms with Gasteiger partial charge in [-0.2, -0.15) is 0 Å². The van der Waals surface area contributed by atoms with Gasteiger partial charge in [0.15, 0.2) is 0 Å². The molecule has 1 saturated carbocycles. The van der Waals surface area contributed by atoms with E-state index in [-0.39, 0.29) is 18.7 Å². The van der Waals surface area contributed by atoms with Crippen molar-refractivity contribution in [2.45, 2.75) is 38.3 Å². The monoisotopic (exact) mass is 318 g/mol. The van der Waals surface area contributed by atoms with E-state index in [1.54, 1.807) is 6.08 Å². The van der Waals surface area contributed by atoms with Crippen LogP contribution in [-0.4, -0.2) is 30.4 Å². The van der Waals surface area contributed by atoms with E-state index < -0.39 is 0 Å². The highest BCUT2D eigenvalue weighted by molar-refractivity contribution is 5.74. The van der Waals surface area contributed by atoms with E-state index in [1.165, 1.54) is 0 Å². The van der Waals surface area contributed by atoms with Crippen molar-refractivity contribution in [2.24, 2.45) is 5.92 Å². The molecular formula is C18H26N2O3. The van der Waals surface area contributed by atoms with E-state index in [0.717, 1.165) is 37.0 Å². The van der Waals surface area contributed by atoms with E-state index >= 15 is 0 Å². The van der Waals surface area contributed by atoms with Crippen LogP contribution < -0.4 is 15.4 Å². The molecule has 1 aliphatic carbocycles. The minimum atomic E-state index is -0.157. The fraction of sp³-hybridized carbons (Fsp3) is 0.500. The van der Waals surface area contributed by atoms with Gasteiger partial charge < -0.3 is 20.5 Å². The molecule has 0 aromatic heterocycles. The Kier molecular flexibility index (Phi) is 6.94. The summed E-state index contributed by atoms with van der Waals surface area (Å²) in [6.07, 6.45) is 5.49. The third kappa shape index (κ3) is 5.60. The predicted molar refractivity (Wildman–Crippen MR) is 90.3 cm³/mol. The van der Waals surface area contributed by atoms with Gasteiger partial charge >= 0.3 is 6.03 Å². The van der Waals surface area contributed by atoms with Crippen LogP contribution in [0.3, 0.4) is 0 Å². The maximum Gasteiger partial charge on any atom is 0.315 e. The first-order valence-corrected chi connectivity index (χ1v) is 8.19. The van der Waals surface area contributed by atoms with E-state index in [1.807, 2.05) is 24.3 Å². The Balaban J connectivity index is 1.77. The third-order valence-electron chi connectivity index (χ3n) is 4.21. The standard InChI is InChI=1S/C18H26N2O3/c1-2-11-23-17-6-4-3-5-15(17)12-19-18(22)20-16-9-7-14(13-21)8-10-16/h2-6,14,16,21H,1,7-13H2,(H2,19,20,22). The molecule has 0 saturated heterocycles. The van der Waals surface area contributed by atoms with Crippen molar-refractivity contribution >= 4 is 6.03 Å². The molecule has 1 aliphatic rings. The number of hydrogen-bond donors (Lipinski definition) is 3. The number of benzene rings is 1. The number of ether oxygens (including phenoxy) is 1. The molecule has 1 aromatic rings. The molecule has 2 amide bonds. The quantitative estimate of drug-likeness (QED) is 0.677. The highest BCUT2D eigenvalue weighted by Crippen LogP contribution is 2.23. The number of carbonyl (C=O) groups is 1. The predicted octanol–water partition coefficient (Wildman–Crippen LogP) is 2.60. The molecule has 0 spiro atoms. The molecule has 23 heavy (non-hydrogen) atoms. The van der Waals surface area contributed by atoms with Crippen molar-refractivity contribution in [3.05, 3.63) is 42.5 Å². The molecule has 3 N–H and O–H groups in total. The van der Waals surface area contributed by atoms with Crippen LogP contribution >= 0.6 is 0 Å². The zero-order valence-corrected chi connectivity index (χ0v) is 13.5. The van der Waals surface area contributed by atoms with E-state index in [2.05, 4.69) is 17.2 Å². The second-order valence-electron chi connectivity index (χ2n) is 5.93. The van der Waals surface area contributed by atoms with Crippen molar-refractivity contribution in [3.63, 3.8) is 0 Å². The van der Waals surface area contributed by atoms with Crippen LogP contribution in [-0.2, 0) is 6.54 Å². The van der Waals surface area contributed by atoms with Crippen LogP contribution in [0.25, 0.3) is 0 Å². The fourth-order valence-electron chi connectivity index (χ4n) is 2.84. The number of rotatable bonds is 7. The molecule has 0 aliphatic heterocycles. The summed E-state index contributed by atoms with van der Waals surface area (Å²) in [7, 11) is 0. The minimum Gasteiger partial charge on any atom is -0.489 e. The fourth-order valence-corrected chi connectivity index (χ4v) is 2.84. The lowest BCUT2D eigenvalue weighted by Crippen LogP contribution is -2.43. The maximum absolute atomic E-state index is 12.0. The summed E-state index contributed by atoms with van der Waals surface area (Å²) in [6.45, 7) is 4.75. The third-order valence-corrected chi connectivity index (χ3v) is 4.21. The van der Waals surface area contributed by atoms with Crippen LogP contribution in [0.1, 0.15) is 31.2 Å². The second-order valence-corrected chi connectivity index (χ2v) is 5.93. The normalized spacial score (nSPS) is 20.6. The van der Waals surface area contributed by atoms with Gasteiger partial charge in [-0.3, -0.25) is 0 Å². The number of nitrogens with one attached hydrogen (secondary N) is 2. The zero-order valence-electron chi connectivity index (χ0n) is 13.5. The Morgan fingerprint density at radius 1 is 1.30 bits per heavy atom. The number of hydrogen-bond acceptors (Lipinski definition) is 3. The topological polar surface area (TPSA) is 70.6 Å². The average molecular weight is 318 g/mol. The van der Waals surface area contributed by atoms with E-state index in [4.69, 9.17) is 9.84 Å². The first-order valence-electron chi connectivity index (χ1n) is 8.19. The molecule has 126 valence electrons. The molecule has 2 rings (SSSR count). The molecule has 0 bridgehead atoms. The van der Waals surface area contributed by atoms with Crippen molar-refractivity contribution in [1.82, 2.24) is 10.6 Å². The largest absolute Gasteiger partial charge is 0.489 e. The Morgan fingerprint density at radius 2 is 2.04 bits per heavy atom. The number of aliphatic hydroxyl groups is 1. The van der Waals surface area contributed by atoms with Crippen molar-refractivity contribution < 1.29 is 14.6 Å². The number of carbonyl (C=O) groups excluding carboxylic acids is 1. The van der Waals surface area contributed by atoms with Crippen LogP contribution in [0.4, 0.5) is 4.79 Å². The summed E-state index contributed by atoms with van der Waals surface area (Å²) in [5, 5.41) is 15.0. The van der Waals surface area contributed by atoms with Crippen LogP contribution in [0, 0.1) is 5.92 Å². The van der Waals surface area contributed by atoms with Gasteiger partial charge in [0, 0.05) is 24.8 Å². The summed E-state index contributed by atoms with van der Waals surface area (Å²) in [4.78, 5) is 12.0. The molecule has 5 nitrogen and oxygen atoms in total. The van der Waals surface area contributed by atoms with E-state index in [0.29, 0.717) is 19.1 Å². The Bertz CT molecular complexity index is 511. The average Bonchev–Trinajstić information content (AvgIpc) is 2.59. The zero-order chi connectivity index (χ0) is 16.5. The Labute approximate surface area is 137 Å². The van der Waals surface area contributed by atoms with Crippen LogP contribution in [0.2, 0.25) is 0 Å².